The van der Waals surface area contributed by atoms with E-state index in [9.17, 15) is 9.59 Å². The highest BCUT2D eigenvalue weighted by Crippen LogP contribution is 2.37. The zero-order valence-corrected chi connectivity index (χ0v) is 13.2. The van der Waals surface area contributed by atoms with Gasteiger partial charge in [-0.1, -0.05) is 6.92 Å². The van der Waals surface area contributed by atoms with Gasteiger partial charge in [0, 0.05) is 18.6 Å². The molecule has 0 spiro atoms. The zero-order chi connectivity index (χ0) is 15.0. The van der Waals surface area contributed by atoms with Gasteiger partial charge in [-0.25, -0.2) is 0 Å². The number of hydrogen-bond donors (Lipinski definition) is 1. The monoisotopic (exact) mass is 293 g/mol. The van der Waals surface area contributed by atoms with Gasteiger partial charge in [0.2, 0.25) is 11.8 Å². The van der Waals surface area contributed by atoms with Crippen molar-refractivity contribution >= 4 is 11.8 Å². The van der Waals surface area contributed by atoms with Crippen LogP contribution >= 0.6 is 0 Å². The molecule has 3 aliphatic heterocycles. The van der Waals surface area contributed by atoms with Crippen LogP contribution in [0.4, 0.5) is 0 Å². The Morgan fingerprint density at radius 1 is 1.19 bits per heavy atom. The van der Waals surface area contributed by atoms with Crippen molar-refractivity contribution in [2.24, 2.45) is 5.92 Å². The molecule has 0 radical (unpaired) electrons. The summed E-state index contributed by atoms with van der Waals surface area (Å²) in [7, 11) is 2.24. The van der Waals surface area contributed by atoms with Gasteiger partial charge < -0.3 is 10.2 Å². The average Bonchev–Trinajstić information content (AvgIpc) is 2.84. The van der Waals surface area contributed by atoms with Gasteiger partial charge in [-0.05, 0) is 51.6 Å². The van der Waals surface area contributed by atoms with Gasteiger partial charge in [-0.2, -0.15) is 0 Å². The van der Waals surface area contributed by atoms with Gasteiger partial charge >= 0.3 is 0 Å². The fraction of sp³-hybridized carbons (Fsp3) is 0.875. The molecule has 3 aliphatic rings. The molecule has 3 heterocycles. The van der Waals surface area contributed by atoms with Crippen molar-refractivity contribution in [3.8, 4) is 0 Å². The number of nitrogens with zero attached hydrogens (tertiary/aromatic N) is 2. The summed E-state index contributed by atoms with van der Waals surface area (Å²) in [4.78, 5) is 28.0. The molecule has 0 aromatic carbocycles. The van der Waals surface area contributed by atoms with Crippen molar-refractivity contribution in [2.45, 2.75) is 63.6 Å². The Labute approximate surface area is 127 Å². The van der Waals surface area contributed by atoms with Crippen LogP contribution in [-0.2, 0) is 9.59 Å². The SMILES string of the molecule is CCCN1C(=O)CC(NCC2CC3CCC(C2)N3C)C1=O. The van der Waals surface area contributed by atoms with Crippen molar-refractivity contribution in [3.05, 3.63) is 0 Å². The lowest BCUT2D eigenvalue weighted by molar-refractivity contribution is -0.138. The molecule has 3 rings (SSSR count). The maximum atomic E-state index is 12.2. The summed E-state index contributed by atoms with van der Waals surface area (Å²) < 4.78 is 0. The Balaban J connectivity index is 1.50. The molecule has 2 bridgehead atoms. The lowest BCUT2D eigenvalue weighted by atomic mass is 9.91. The van der Waals surface area contributed by atoms with E-state index in [-0.39, 0.29) is 17.9 Å². The number of likely N-dealkylation sites (tertiary alicyclic amines) is 1. The molecule has 3 fully saturated rings. The normalized spacial score (nSPS) is 36.8. The van der Waals surface area contributed by atoms with Crippen molar-refractivity contribution in [2.75, 3.05) is 20.1 Å². The Hall–Kier alpha value is -0.940. The Bertz CT molecular complexity index is 412. The summed E-state index contributed by atoms with van der Waals surface area (Å²) in [5, 5.41) is 3.37. The largest absolute Gasteiger partial charge is 0.305 e. The fourth-order valence-corrected chi connectivity index (χ4v) is 4.30. The number of carbonyl (C=O) groups is 2. The van der Waals surface area contributed by atoms with Gasteiger partial charge in [-0.15, -0.1) is 0 Å². The summed E-state index contributed by atoms with van der Waals surface area (Å²) in [6, 6.07) is 1.18. The third kappa shape index (κ3) is 2.86. The van der Waals surface area contributed by atoms with Crippen LogP contribution in [0.1, 0.15) is 45.4 Å². The molecule has 3 atom stereocenters. The molecule has 2 amide bonds. The van der Waals surface area contributed by atoms with Crippen LogP contribution in [0.3, 0.4) is 0 Å². The van der Waals surface area contributed by atoms with E-state index in [0.717, 1.165) is 25.0 Å². The first-order valence-electron chi connectivity index (χ1n) is 8.39. The highest BCUT2D eigenvalue weighted by Gasteiger charge is 2.40. The molecule has 5 heteroatoms. The van der Waals surface area contributed by atoms with Crippen LogP contribution in [-0.4, -0.2) is 59.9 Å². The fourth-order valence-electron chi connectivity index (χ4n) is 4.30. The second-order valence-electron chi connectivity index (χ2n) is 6.94. The molecule has 0 saturated carbocycles. The highest BCUT2D eigenvalue weighted by molar-refractivity contribution is 6.05. The van der Waals surface area contributed by atoms with E-state index < -0.39 is 0 Å². The van der Waals surface area contributed by atoms with E-state index in [2.05, 4.69) is 17.3 Å². The summed E-state index contributed by atoms with van der Waals surface area (Å²) in [6.45, 7) is 3.44. The summed E-state index contributed by atoms with van der Waals surface area (Å²) in [5.74, 6) is 0.627. The number of nitrogens with one attached hydrogen (secondary N) is 1. The number of rotatable bonds is 5. The van der Waals surface area contributed by atoms with Gasteiger partial charge in [0.05, 0.1) is 12.5 Å². The third-order valence-electron chi connectivity index (χ3n) is 5.54. The molecule has 0 aromatic heterocycles. The number of hydrogen-bond acceptors (Lipinski definition) is 4. The van der Waals surface area contributed by atoms with Crippen molar-refractivity contribution in [1.29, 1.82) is 0 Å². The standard InChI is InChI=1S/C16H27N3O2/c1-3-6-19-15(20)9-14(16(19)21)17-10-11-7-12-4-5-13(8-11)18(12)2/h11-14,17H,3-10H2,1-2H3. The molecular weight excluding hydrogens is 266 g/mol. The Kier molecular flexibility index (Phi) is 4.31. The number of piperidine rings is 1. The molecule has 3 saturated heterocycles. The van der Waals surface area contributed by atoms with Gasteiger partial charge in [0.15, 0.2) is 0 Å². The van der Waals surface area contributed by atoms with E-state index in [0.29, 0.717) is 18.9 Å². The first-order valence-corrected chi connectivity index (χ1v) is 8.39. The number of imide groups is 1. The first-order chi connectivity index (χ1) is 10.1. The van der Waals surface area contributed by atoms with Crippen LogP contribution in [0, 0.1) is 5.92 Å². The second kappa shape index (κ2) is 6.05. The lowest BCUT2D eigenvalue weighted by Crippen LogP contribution is -2.45. The Morgan fingerprint density at radius 3 is 2.48 bits per heavy atom. The van der Waals surface area contributed by atoms with Crippen LogP contribution in [0.15, 0.2) is 0 Å². The average molecular weight is 293 g/mol. The molecular formula is C16H27N3O2. The number of carbonyl (C=O) groups excluding carboxylic acids is 2. The van der Waals surface area contributed by atoms with Crippen LogP contribution in [0.2, 0.25) is 0 Å². The van der Waals surface area contributed by atoms with E-state index in [1.165, 1.54) is 30.6 Å². The van der Waals surface area contributed by atoms with Crippen molar-refractivity contribution < 1.29 is 9.59 Å². The van der Waals surface area contributed by atoms with E-state index in [1.54, 1.807) is 0 Å². The molecule has 21 heavy (non-hydrogen) atoms. The summed E-state index contributed by atoms with van der Waals surface area (Å²) in [5.41, 5.74) is 0. The van der Waals surface area contributed by atoms with E-state index >= 15 is 0 Å². The van der Waals surface area contributed by atoms with Crippen LogP contribution < -0.4 is 5.32 Å². The predicted octanol–water partition coefficient (Wildman–Crippen LogP) is 0.986. The summed E-state index contributed by atoms with van der Waals surface area (Å²) >= 11 is 0. The second-order valence-corrected chi connectivity index (χ2v) is 6.94. The van der Waals surface area contributed by atoms with Crippen molar-refractivity contribution in [3.63, 3.8) is 0 Å². The predicted molar refractivity (Wildman–Crippen MR) is 80.7 cm³/mol. The minimum atomic E-state index is -0.277. The minimum Gasteiger partial charge on any atom is -0.305 e. The summed E-state index contributed by atoms with van der Waals surface area (Å²) in [6.07, 6.45) is 6.29. The molecule has 118 valence electrons. The quantitative estimate of drug-likeness (QED) is 0.768. The van der Waals surface area contributed by atoms with E-state index in [4.69, 9.17) is 0 Å². The molecule has 5 nitrogen and oxygen atoms in total. The smallest absolute Gasteiger partial charge is 0.246 e. The third-order valence-corrected chi connectivity index (χ3v) is 5.54. The van der Waals surface area contributed by atoms with E-state index in [1.807, 2.05) is 6.92 Å². The molecule has 0 aromatic rings. The maximum Gasteiger partial charge on any atom is 0.246 e. The molecule has 1 N–H and O–H groups in total. The molecule has 3 unspecified atom stereocenters. The lowest BCUT2D eigenvalue weighted by Gasteiger charge is -2.36. The van der Waals surface area contributed by atoms with Gasteiger partial charge in [-0.3, -0.25) is 14.5 Å². The van der Waals surface area contributed by atoms with Crippen LogP contribution in [0.5, 0.6) is 0 Å². The van der Waals surface area contributed by atoms with Crippen molar-refractivity contribution in [1.82, 2.24) is 15.1 Å². The van der Waals surface area contributed by atoms with Gasteiger partial charge in [0.1, 0.15) is 0 Å². The zero-order valence-electron chi connectivity index (χ0n) is 13.2. The highest BCUT2D eigenvalue weighted by atomic mass is 16.2. The number of fused-ring (bicyclic) bond motifs is 2. The minimum absolute atomic E-state index is 0.0113. The maximum absolute atomic E-state index is 12.2. The van der Waals surface area contributed by atoms with Gasteiger partial charge in [0.25, 0.3) is 0 Å². The Morgan fingerprint density at radius 2 is 1.86 bits per heavy atom. The topological polar surface area (TPSA) is 52.7 Å². The first kappa shape index (κ1) is 15.0. The molecule has 0 aliphatic carbocycles. The van der Waals surface area contributed by atoms with Crippen LogP contribution in [0.25, 0.3) is 0 Å². The number of amides is 2.